The van der Waals surface area contributed by atoms with Crippen LogP contribution in [0.3, 0.4) is 0 Å². The molecule has 1 heterocycles. The van der Waals surface area contributed by atoms with E-state index in [1.807, 2.05) is 0 Å². The molecule has 2 aromatic rings. The number of nitrogens with zero attached hydrogens (tertiary/aromatic N) is 2. The molecule has 1 aromatic carbocycles. The average molecular weight is 274 g/mol. The van der Waals surface area contributed by atoms with Gasteiger partial charge in [-0.15, -0.1) is 10.2 Å². The maximum Gasteiger partial charge on any atom is 0.445 e. The number of aromatic nitrogens is 2. The minimum absolute atomic E-state index is 0.0863. The number of benzene rings is 1. The molecule has 0 aliphatic rings. The molecule has 0 amide bonds. The molecule has 0 radical (unpaired) electrons. The minimum atomic E-state index is -4.47. The zero-order valence-electron chi connectivity index (χ0n) is 9.03. The third-order valence-corrected chi connectivity index (χ3v) is 3.03. The molecule has 4 nitrogen and oxygen atoms in total. The fourth-order valence-electron chi connectivity index (χ4n) is 1.32. The first kappa shape index (κ1) is 12.8. The number of nitrogens with two attached hydrogens (primary N) is 1. The number of para-hydroxylation sites is 1. The van der Waals surface area contributed by atoms with Crippen molar-refractivity contribution in [1.82, 2.24) is 10.2 Å². The van der Waals surface area contributed by atoms with Gasteiger partial charge in [-0.1, -0.05) is 29.5 Å². The van der Waals surface area contributed by atoms with Crippen LogP contribution in [-0.2, 0) is 12.7 Å². The van der Waals surface area contributed by atoms with Crippen molar-refractivity contribution < 1.29 is 13.2 Å². The molecule has 1 aromatic heterocycles. The Balaban J connectivity index is 2.22. The summed E-state index contributed by atoms with van der Waals surface area (Å²) in [6.07, 6.45) is -4.47. The monoisotopic (exact) mass is 274 g/mol. The molecule has 0 unspecified atom stereocenters. The first-order valence-electron chi connectivity index (χ1n) is 4.96. The SMILES string of the molecule is NCc1ccccc1Nc1nnc(C(F)(F)F)s1. The summed E-state index contributed by atoms with van der Waals surface area (Å²) < 4.78 is 37.0. The fourth-order valence-corrected chi connectivity index (χ4v) is 1.95. The molecule has 2 rings (SSSR count). The van der Waals surface area contributed by atoms with Gasteiger partial charge in [0.15, 0.2) is 0 Å². The maximum atomic E-state index is 12.3. The minimum Gasteiger partial charge on any atom is -0.330 e. The number of rotatable bonds is 3. The summed E-state index contributed by atoms with van der Waals surface area (Å²) in [6, 6.07) is 7.06. The van der Waals surface area contributed by atoms with E-state index < -0.39 is 11.2 Å². The van der Waals surface area contributed by atoms with Crippen molar-refractivity contribution in [2.24, 2.45) is 5.73 Å². The lowest BCUT2D eigenvalue weighted by Crippen LogP contribution is -2.03. The van der Waals surface area contributed by atoms with Gasteiger partial charge >= 0.3 is 6.18 Å². The van der Waals surface area contributed by atoms with Crippen molar-refractivity contribution in [3.63, 3.8) is 0 Å². The van der Waals surface area contributed by atoms with Gasteiger partial charge in [0.05, 0.1) is 0 Å². The van der Waals surface area contributed by atoms with Gasteiger partial charge in [-0.3, -0.25) is 0 Å². The van der Waals surface area contributed by atoms with Crippen LogP contribution < -0.4 is 11.1 Å². The number of hydrogen-bond acceptors (Lipinski definition) is 5. The van der Waals surface area contributed by atoms with Crippen molar-refractivity contribution in [1.29, 1.82) is 0 Å². The first-order valence-corrected chi connectivity index (χ1v) is 5.78. The number of alkyl halides is 3. The van der Waals surface area contributed by atoms with Crippen LogP contribution in [0.15, 0.2) is 24.3 Å². The molecule has 0 saturated carbocycles. The summed E-state index contributed by atoms with van der Waals surface area (Å²) in [5.41, 5.74) is 6.95. The summed E-state index contributed by atoms with van der Waals surface area (Å²) in [5, 5.41) is 8.43. The zero-order valence-corrected chi connectivity index (χ0v) is 9.85. The van der Waals surface area contributed by atoms with Crippen molar-refractivity contribution in [3.8, 4) is 0 Å². The lowest BCUT2D eigenvalue weighted by Gasteiger charge is -2.07. The Bertz CT molecular complexity index is 538. The van der Waals surface area contributed by atoms with Crippen LogP contribution in [0.4, 0.5) is 24.0 Å². The molecule has 8 heteroatoms. The molecule has 0 bridgehead atoms. The maximum absolute atomic E-state index is 12.3. The predicted molar refractivity (Wildman–Crippen MR) is 62.5 cm³/mol. The first-order chi connectivity index (χ1) is 8.50. The second-order valence-electron chi connectivity index (χ2n) is 3.40. The molecular weight excluding hydrogens is 265 g/mol. The van der Waals surface area contributed by atoms with Crippen molar-refractivity contribution >= 4 is 22.2 Å². The largest absolute Gasteiger partial charge is 0.445 e. The molecule has 0 saturated heterocycles. The highest BCUT2D eigenvalue weighted by atomic mass is 32.1. The fraction of sp³-hybridized carbons (Fsp3) is 0.200. The van der Waals surface area contributed by atoms with Gasteiger partial charge in [0.2, 0.25) is 10.1 Å². The third-order valence-electron chi connectivity index (χ3n) is 2.15. The molecule has 0 aliphatic heterocycles. The highest BCUT2D eigenvalue weighted by molar-refractivity contribution is 7.15. The van der Waals surface area contributed by atoms with Gasteiger partial charge in [0, 0.05) is 12.2 Å². The second-order valence-corrected chi connectivity index (χ2v) is 4.37. The van der Waals surface area contributed by atoms with E-state index in [1.165, 1.54) is 0 Å². The quantitative estimate of drug-likeness (QED) is 0.903. The Morgan fingerprint density at radius 2 is 1.94 bits per heavy atom. The Kier molecular flexibility index (Phi) is 3.48. The van der Waals surface area contributed by atoms with Crippen LogP contribution in [0.25, 0.3) is 0 Å². The summed E-state index contributed by atoms with van der Waals surface area (Å²) >= 11 is 0.455. The molecule has 96 valence electrons. The Morgan fingerprint density at radius 1 is 1.22 bits per heavy atom. The van der Waals surface area contributed by atoms with E-state index in [4.69, 9.17) is 5.73 Å². The predicted octanol–water partition coefficient (Wildman–Crippen LogP) is 2.76. The van der Waals surface area contributed by atoms with E-state index in [0.29, 0.717) is 17.0 Å². The van der Waals surface area contributed by atoms with Crippen LogP contribution in [0.2, 0.25) is 0 Å². The molecule has 0 atom stereocenters. The van der Waals surface area contributed by atoms with E-state index in [1.54, 1.807) is 24.3 Å². The Labute approximate surface area is 105 Å². The number of anilines is 2. The molecule has 0 aliphatic carbocycles. The normalized spacial score (nSPS) is 11.6. The smallest absolute Gasteiger partial charge is 0.330 e. The van der Waals surface area contributed by atoms with E-state index in [2.05, 4.69) is 15.5 Å². The van der Waals surface area contributed by atoms with Gasteiger partial charge in [-0.05, 0) is 11.6 Å². The van der Waals surface area contributed by atoms with Crippen LogP contribution in [0, 0.1) is 0 Å². The van der Waals surface area contributed by atoms with Gasteiger partial charge in [-0.25, -0.2) is 0 Å². The van der Waals surface area contributed by atoms with Gasteiger partial charge in [0.25, 0.3) is 0 Å². The lowest BCUT2D eigenvalue weighted by atomic mass is 10.2. The van der Waals surface area contributed by atoms with Crippen LogP contribution >= 0.6 is 11.3 Å². The van der Waals surface area contributed by atoms with Crippen LogP contribution in [0.1, 0.15) is 10.6 Å². The van der Waals surface area contributed by atoms with E-state index >= 15 is 0 Å². The Morgan fingerprint density at radius 3 is 2.56 bits per heavy atom. The summed E-state index contributed by atoms with van der Waals surface area (Å²) in [6.45, 7) is 0.286. The van der Waals surface area contributed by atoms with Crippen molar-refractivity contribution in [2.75, 3.05) is 5.32 Å². The molecule has 3 N–H and O–H groups in total. The second kappa shape index (κ2) is 4.91. The van der Waals surface area contributed by atoms with Gasteiger partial charge in [0.1, 0.15) is 0 Å². The average Bonchev–Trinajstić information content (AvgIpc) is 2.78. The van der Waals surface area contributed by atoms with E-state index in [0.717, 1.165) is 5.56 Å². The standard InChI is InChI=1S/C10H9F3N4S/c11-10(12,13)8-16-17-9(18-8)15-7-4-2-1-3-6(7)5-14/h1-4H,5,14H2,(H,15,17). The summed E-state index contributed by atoms with van der Waals surface area (Å²) in [4.78, 5) is 0. The number of nitrogens with one attached hydrogen (secondary N) is 1. The molecule has 0 fully saturated rings. The van der Waals surface area contributed by atoms with Crippen LogP contribution in [0.5, 0.6) is 0 Å². The topological polar surface area (TPSA) is 63.8 Å². The number of hydrogen-bond donors (Lipinski definition) is 2. The van der Waals surface area contributed by atoms with E-state index in [9.17, 15) is 13.2 Å². The van der Waals surface area contributed by atoms with E-state index in [-0.39, 0.29) is 11.7 Å². The Hall–Kier alpha value is -1.67. The molecule has 18 heavy (non-hydrogen) atoms. The lowest BCUT2D eigenvalue weighted by molar-refractivity contribution is -0.138. The number of halogens is 3. The van der Waals surface area contributed by atoms with Crippen LogP contribution in [-0.4, -0.2) is 10.2 Å². The summed E-state index contributed by atoms with van der Waals surface area (Å²) in [5.74, 6) is 0. The zero-order chi connectivity index (χ0) is 13.2. The van der Waals surface area contributed by atoms with Crippen molar-refractivity contribution in [3.05, 3.63) is 34.8 Å². The highest BCUT2D eigenvalue weighted by Gasteiger charge is 2.35. The van der Waals surface area contributed by atoms with Gasteiger partial charge in [-0.2, -0.15) is 13.2 Å². The molecular formula is C10H9F3N4S. The summed E-state index contributed by atoms with van der Waals surface area (Å²) in [7, 11) is 0. The highest BCUT2D eigenvalue weighted by Crippen LogP contribution is 2.34. The molecule has 0 spiro atoms. The van der Waals surface area contributed by atoms with Crippen molar-refractivity contribution in [2.45, 2.75) is 12.7 Å². The van der Waals surface area contributed by atoms with Gasteiger partial charge < -0.3 is 11.1 Å². The third kappa shape index (κ3) is 2.77.